The standard InChI is InChI=1S/C13H17N/c1-10-9-11-7-5-6-8-12(11)14(10)13(2,3)4/h5-8H,1,9H2,2-4H3. The van der Waals surface area contributed by atoms with E-state index in [-0.39, 0.29) is 5.54 Å². The second-order valence-electron chi connectivity index (χ2n) is 4.88. The van der Waals surface area contributed by atoms with Crippen LogP contribution in [-0.4, -0.2) is 5.54 Å². The van der Waals surface area contributed by atoms with E-state index in [1.54, 1.807) is 0 Å². The number of para-hydroxylation sites is 1. The molecule has 0 saturated heterocycles. The Hall–Kier alpha value is -1.24. The van der Waals surface area contributed by atoms with Crippen LogP contribution in [0.3, 0.4) is 0 Å². The summed E-state index contributed by atoms with van der Waals surface area (Å²) in [6.07, 6.45) is 0.993. The third kappa shape index (κ3) is 1.33. The Morgan fingerprint density at radius 2 is 1.86 bits per heavy atom. The Bertz CT molecular complexity index is 371. The van der Waals surface area contributed by atoms with Gasteiger partial charge in [0.15, 0.2) is 0 Å². The van der Waals surface area contributed by atoms with Crippen LogP contribution < -0.4 is 4.90 Å². The predicted molar refractivity (Wildman–Crippen MR) is 61.5 cm³/mol. The van der Waals surface area contributed by atoms with Gasteiger partial charge in [0.25, 0.3) is 0 Å². The first-order valence-electron chi connectivity index (χ1n) is 5.06. The van der Waals surface area contributed by atoms with Crippen LogP contribution in [0.15, 0.2) is 36.5 Å². The number of nitrogens with zero attached hydrogens (tertiary/aromatic N) is 1. The summed E-state index contributed by atoms with van der Waals surface area (Å²) in [6.45, 7) is 10.8. The monoisotopic (exact) mass is 187 g/mol. The Morgan fingerprint density at radius 1 is 1.21 bits per heavy atom. The smallest absolute Gasteiger partial charge is 0.0449 e. The first-order chi connectivity index (χ1) is 6.50. The van der Waals surface area contributed by atoms with Gasteiger partial charge in [-0.1, -0.05) is 24.8 Å². The van der Waals surface area contributed by atoms with Gasteiger partial charge in [-0.25, -0.2) is 0 Å². The molecule has 14 heavy (non-hydrogen) atoms. The molecule has 1 aromatic carbocycles. The maximum absolute atomic E-state index is 4.14. The first kappa shape index (κ1) is 9.32. The SMILES string of the molecule is C=C1Cc2ccccc2N1C(C)(C)C. The third-order valence-corrected chi connectivity index (χ3v) is 2.61. The zero-order chi connectivity index (χ0) is 10.3. The van der Waals surface area contributed by atoms with Crippen LogP contribution in [0.1, 0.15) is 26.3 Å². The summed E-state index contributed by atoms with van der Waals surface area (Å²) in [5.74, 6) is 0. The topological polar surface area (TPSA) is 3.24 Å². The molecular formula is C13H17N. The minimum absolute atomic E-state index is 0.129. The molecule has 1 aromatic rings. The minimum Gasteiger partial charge on any atom is -0.340 e. The van der Waals surface area contributed by atoms with Gasteiger partial charge in [0.2, 0.25) is 0 Å². The van der Waals surface area contributed by atoms with Crippen molar-refractivity contribution in [1.29, 1.82) is 0 Å². The van der Waals surface area contributed by atoms with Crippen molar-refractivity contribution in [3.05, 3.63) is 42.1 Å². The summed E-state index contributed by atoms with van der Waals surface area (Å²) in [5.41, 5.74) is 4.06. The Kier molecular flexibility index (Phi) is 1.91. The highest BCUT2D eigenvalue weighted by Crippen LogP contribution is 2.38. The molecule has 0 atom stereocenters. The average molecular weight is 187 g/mol. The molecule has 2 rings (SSSR count). The van der Waals surface area contributed by atoms with Crippen molar-refractivity contribution in [3.8, 4) is 0 Å². The number of allylic oxidation sites excluding steroid dienone is 1. The van der Waals surface area contributed by atoms with Gasteiger partial charge in [0, 0.05) is 23.3 Å². The molecule has 0 amide bonds. The van der Waals surface area contributed by atoms with Gasteiger partial charge in [0.1, 0.15) is 0 Å². The Balaban J connectivity index is 2.50. The summed E-state index contributed by atoms with van der Waals surface area (Å²) in [7, 11) is 0. The molecule has 1 heterocycles. The molecule has 1 nitrogen and oxygen atoms in total. The molecule has 0 radical (unpaired) electrons. The van der Waals surface area contributed by atoms with E-state index in [4.69, 9.17) is 0 Å². The fourth-order valence-electron chi connectivity index (χ4n) is 2.18. The molecular weight excluding hydrogens is 170 g/mol. The maximum atomic E-state index is 4.14. The van der Waals surface area contributed by atoms with Gasteiger partial charge in [0.05, 0.1) is 0 Å². The van der Waals surface area contributed by atoms with Gasteiger partial charge in [-0.05, 0) is 32.4 Å². The Morgan fingerprint density at radius 3 is 2.50 bits per heavy atom. The van der Waals surface area contributed by atoms with Crippen LogP contribution in [0.2, 0.25) is 0 Å². The van der Waals surface area contributed by atoms with Crippen LogP contribution in [0.5, 0.6) is 0 Å². The molecule has 0 aliphatic carbocycles. The lowest BCUT2D eigenvalue weighted by Gasteiger charge is -2.35. The van der Waals surface area contributed by atoms with Crippen molar-refractivity contribution in [3.63, 3.8) is 0 Å². The van der Waals surface area contributed by atoms with E-state index in [1.165, 1.54) is 16.9 Å². The molecule has 74 valence electrons. The van der Waals surface area contributed by atoms with Crippen molar-refractivity contribution >= 4 is 5.69 Å². The Labute approximate surface area is 86.1 Å². The third-order valence-electron chi connectivity index (χ3n) is 2.61. The summed E-state index contributed by atoms with van der Waals surface area (Å²) in [4.78, 5) is 2.34. The highest BCUT2D eigenvalue weighted by Gasteiger charge is 2.30. The number of hydrogen-bond donors (Lipinski definition) is 0. The second kappa shape index (κ2) is 2.88. The molecule has 0 aromatic heterocycles. The lowest BCUT2D eigenvalue weighted by Crippen LogP contribution is -2.38. The van der Waals surface area contributed by atoms with Crippen molar-refractivity contribution in [2.75, 3.05) is 4.90 Å². The lowest BCUT2D eigenvalue weighted by molar-refractivity contribution is 0.547. The summed E-state index contributed by atoms with van der Waals surface area (Å²) in [6, 6.07) is 8.56. The number of hydrogen-bond acceptors (Lipinski definition) is 1. The highest BCUT2D eigenvalue weighted by atomic mass is 15.2. The normalized spacial score (nSPS) is 15.9. The van der Waals surface area contributed by atoms with Gasteiger partial charge < -0.3 is 4.90 Å². The van der Waals surface area contributed by atoms with E-state index >= 15 is 0 Å². The fraction of sp³-hybridized carbons (Fsp3) is 0.385. The van der Waals surface area contributed by atoms with Crippen molar-refractivity contribution in [1.82, 2.24) is 0 Å². The zero-order valence-electron chi connectivity index (χ0n) is 9.17. The van der Waals surface area contributed by atoms with Gasteiger partial charge in [-0.2, -0.15) is 0 Å². The van der Waals surface area contributed by atoms with Gasteiger partial charge >= 0.3 is 0 Å². The van der Waals surface area contributed by atoms with E-state index in [9.17, 15) is 0 Å². The summed E-state index contributed by atoms with van der Waals surface area (Å²) < 4.78 is 0. The van der Waals surface area contributed by atoms with E-state index < -0.39 is 0 Å². The summed E-state index contributed by atoms with van der Waals surface area (Å²) >= 11 is 0. The molecule has 0 spiro atoms. The maximum Gasteiger partial charge on any atom is 0.0449 e. The minimum atomic E-state index is 0.129. The van der Waals surface area contributed by atoms with Crippen molar-refractivity contribution in [2.24, 2.45) is 0 Å². The van der Waals surface area contributed by atoms with E-state index in [0.717, 1.165) is 6.42 Å². The number of anilines is 1. The number of fused-ring (bicyclic) bond motifs is 1. The quantitative estimate of drug-likeness (QED) is 0.602. The second-order valence-corrected chi connectivity index (χ2v) is 4.88. The average Bonchev–Trinajstić information content (AvgIpc) is 2.38. The van der Waals surface area contributed by atoms with Crippen LogP contribution in [0.25, 0.3) is 0 Å². The lowest BCUT2D eigenvalue weighted by atomic mass is 10.1. The molecule has 1 aliphatic heterocycles. The van der Waals surface area contributed by atoms with E-state index in [2.05, 4.69) is 56.5 Å². The zero-order valence-corrected chi connectivity index (χ0v) is 9.17. The van der Waals surface area contributed by atoms with Crippen LogP contribution >= 0.6 is 0 Å². The van der Waals surface area contributed by atoms with Crippen molar-refractivity contribution < 1.29 is 0 Å². The van der Waals surface area contributed by atoms with Crippen LogP contribution in [0.4, 0.5) is 5.69 Å². The molecule has 1 heteroatoms. The van der Waals surface area contributed by atoms with E-state index in [1.807, 2.05) is 0 Å². The molecule has 0 bridgehead atoms. The fourth-order valence-corrected chi connectivity index (χ4v) is 2.18. The van der Waals surface area contributed by atoms with Gasteiger partial charge in [-0.15, -0.1) is 0 Å². The molecule has 1 aliphatic rings. The summed E-state index contributed by atoms with van der Waals surface area (Å²) in [5, 5.41) is 0. The van der Waals surface area contributed by atoms with E-state index in [0.29, 0.717) is 0 Å². The largest absolute Gasteiger partial charge is 0.340 e. The van der Waals surface area contributed by atoms with Crippen LogP contribution in [-0.2, 0) is 6.42 Å². The molecule has 0 N–H and O–H groups in total. The molecule has 0 saturated carbocycles. The highest BCUT2D eigenvalue weighted by molar-refractivity contribution is 5.66. The first-order valence-corrected chi connectivity index (χ1v) is 5.06. The number of benzene rings is 1. The molecule has 0 fully saturated rings. The van der Waals surface area contributed by atoms with Crippen molar-refractivity contribution in [2.45, 2.75) is 32.7 Å². The predicted octanol–water partition coefficient (Wildman–Crippen LogP) is 3.36. The van der Waals surface area contributed by atoms with Gasteiger partial charge in [-0.3, -0.25) is 0 Å². The molecule has 0 unspecified atom stereocenters. The number of rotatable bonds is 0. The van der Waals surface area contributed by atoms with Crippen LogP contribution in [0, 0.1) is 0 Å².